The summed E-state index contributed by atoms with van der Waals surface area (Å²) in [4.78, 5) is 23.9. The van der Waals surface area contributed by atoms with Gasteiger partial charge in [0.25, 0.3) is 11.8 Å². The summed E-state index contributed by atoms with van der Waals surface area (Å²) < 4.78 is 51.0. The van der Waals surface area contributed by atoms with Crippen molar-refractivity contribution in [3.63, 3.8) is 0 Å². The smallest absolute Gasteiger partial charge is 0.289 e. The Kier molecular flexibility index (Phi) is 8.50. The number of nitrogens with one attached hydrogen (secondary N) is 2. The molecule has 3 rings (SSSR count). The van der Waals surface area contributed by atoms with Crippen molar-refractivity contribution in [2.24, 2.45) is 0 Å². The Morgan fingerprint density at radius 1 is 1.09 bits per heavy atom. The monoisotopic (exact) mass is 497 g/mol. The molecule has 1 aromatic heterocycles. The minimum atomic E-state index is -0.991. The van der Waals surface area contributed by atoms with Gasteiger partial charge in [0, 0.05) is 25.2 Å². The minimum absolute atomic E-state index is 0.0144. The van der Waals surface area contributed by atoms with Crippen molar-refractivity contribution in [2.45, 2.75) is 12.5 Å². The summed E-state index contributed by atoms with van der Waals surface area (Å²) in [6, 6.07) is 8.13. The number of aromatic nitrogens is 1. The Hall–Kier alpha value is -3.57. The van der Waals surface area contributed by atoms with Crippen LogP contribution in [0.4, 0.5) is 13.2 Å². The van der Waals surface area contributed by atoms with E-state index in [9.17, 15) is 27.9 Å². The summed E-state index contributed by atoms with van der Waals surface area (Å²) in [5.41, 5.74) is -0.589. The summed E-state index contributed by atoms with van der Waals surface area (Å²) >= 11 is 5.56. The van der Waals surface area contributed by atoms with Gasteiger partial charge in [-0.25, -0.2) is 13.2 Å². The zero-order valence-electron chi connectivity index (χ0n) is 17.5. The molecule has 0 spiro atoms. The number of benzene rings is 2. The Labute approximate surface area is 196 Å². The largest absolute Gasteiger partial charge is 0.484 e. The van der Waals surface area contributed by atoms with Crippen LogP contribution >= 0.6 is 11.6 Å². The number of carbonyl (C=O) groups excluding carboxylic acids is 2. The van der Waals surface area contributed by atoms with Crippen LogP contribution in [0.5, 0.6) is 5.75 Å². The lowest BCUT2D eigenvalue weighted by molar-refractivity contribution is -0.123. The quantitative estimate of drug-likeness (QED) is 0.397. The highest BCUT2D eigenvalue weighted by molar-refractivity contribution is 6.30. The zero-order chi connectivity index (χ0) is 24.7. The first kappa shape index (κ1) is 25.1. The molecule has 0 aliphatic heterocycles. The Morgan fingerprint density at radius 2 is 1.82 bits per heavy atom. The van der Waals surface area contributed by atoms with E-state index in [1.807, 2.05) is 0 Å². The van der Waals surface area contributed by atoms with Gasteiger partial charge in [-0.15, -0.1) is 0 Å². The topological polar surface area (TPSA) is 114 Å². The Morgan fingerprint density at radius 3 is 2.53 bits per heavy atom. The lowest BCUT2D eigenvalue weighted by atomic mass is 10.1. The minimum Gasteiger partial charge on any atom is -0.484 e. The molecule has 34 heavy (non-hydrogen) atoms. The molecule has 0 fully saturated rings. The molecule has 3 aromatic rings. The molecule has 0 saturated heterocycles. The van der Waals surface area contributed by atoms with Gasteiger partial charge in [0.05, 0.1) is 16.7 Å². The Balaban J connectivity index is 1.38. The normalized spacial score (nSPS) is 11.7. The third kappa shape index (κ3) is 6.72. The molecule has 1 heterocycles. The Bertz CT molecular complexity index is 1150. The summed E-state index contributed by atoms with van der Waals surface area (Å²) in [6.45, 7) is -0.506. The fourth-order valence-electron chi connectivity index (χ4n) is 2.78. The average Bonchev–Trinajstić information content (AvgIpc) is 3.28. The van der Waals surface area contributed by atoms with Crippen LogP contribution in [-0.4, -0.2) is 47.9 Å². The fourth-order valence-corrected chi connectivity index (χ4v) is 2.90. The number of aliphatic hydroxyl groups is 1. The van der Waals surface area contributed by atoms with Crippen LogP contribution in [0.3, 0.4) is 0 Å². The van der Waals surface area contributed by atoms with Crippen molar-refractivity contribution in [2.75, 3.05) is 19.7 Å². The van der Waals surface area contributed by atoms with Crippen molar-refractivity contribution in [1.29, 1.82) is 0 Å². The third-order valence-electron chi connectivity index (χ3n) is 4.51. The highest BCUT2D eigenvalue weighted by Gasteiger charge is 2.19. The van der Waals surface area contributed by atoms with Crippen LogP contribution < -0.4 is 15.4 Å². The molecule has 1 atom stereocenters. The summed E-state index contributed by atoms with van der Waals surface area (Å²) in [6.07, 6.45) is -0.909. The van der Waals surface area contributed by atoms with E-state index in [0.29, 0.717) is 0 Å². The second-order valence-corrected chi connectivity index (χ2v) is 7.45. The summed E-state index contributed by atoms with van der Waals surface area (Å²) in [7, 11) is 0. The van der Waals surface area contributed by atoms with E-state index >= 15 is 0 Å². The predicted molar refractivity (Wildman–Crippen MR) is 115 cm³/mol. The zero-order valence-corrected chi connectivity index (χ0v) is 18.2. The van der Waals surface area contributed by atoms with Gasteiger partial charge in [0.1, 0.15) is 28.9 Å². The van der Waals surface area contributed by atoms with Gasteiger partial charge >= 0.3 is 0 Å². The van der Waals surface area contributed by atoms with Crippen molar-refractivity contribution < 1.29 is 37.1 Å². The van der Waals surface area contributed by atoms with Gasteiger partial charge in [-0.1, -0.05) is 22.8 Å². The van der Waals surface area contributed by atoms with Crippen molar-refractivity contribution in [3.05, 3.63) is 70.7 Å². The maximum absolute atomic E-state index is 13.8. The molecule has 2 aromatic carbocycles. The molecule has 3 N–H and O–H groups in total. The summed E-state index contributed by atoms with van der Waals surface area (Å²) in [5, 5.41) is 18.3. The van der Waals surface area contributed by atoms with Crippen molar-refractivity contribution in [1.82, 2.24) is 15.8 Å². The van der Waals surface area contributed by atoms with E-state index in [1.165, 1.54) is 18.2 Å². The van der Waals surface area contributed by atoms with Crippen LogP contribution in [0.25, 0.3) is 11.3 Å². The molecule has 8 nitrogen and oxygen atoms in total. The van der Waals surface area contributed by atoms with E-state index in [4.69, 9.17) is 20.9 Å². The van der Waals surface area contributed by atoms with Crippen LogP contribution in [0, 0.1) is 17.5 Å². The average molecular weight is 498 g/mol. The molecule has 0 aliphatic rings. The SMILES string of the molecule is O=C(COc1ccc(Cl)c(F)c1)NCC(O)CCNC(=O)c1cc(-c2c(F)cccc2F)no1. The lowest BCUT2D eigenvalue weighted by Gasteiger charge is -2.12. The standard InChI is InChI=1S/C22H19ClF3N3O5/c23-14-5-4-13(8-17(14)26)33-11-20(31)28-10-12(30)6-7-27-22(32)19-9-18(29-34-19)21-15(24)2-1-3-16(21)25/h1-5,8-9,12,30H,6-7,10-11H2,(H,27,32)(H,28,31). The predicted octanol–water partition coefficient (Wildman–Crippen LogP) is 3.09. The number of ether oxygens (including phenoxy) is 1. The number of hydrogen-bond acceptors (Lipinski definition) is 6. The van der Waals surface area contributed by atoms with Gasteiger partial charge < -0.3 is 25.0 Å². The maximum atomic E-state index is 13.8. The molecule has 12 heteroatoms. The number of nitrogens with zero attached hydrogens (tertiary/aromatic N) is 1. The molecular weight excluding hydrogens is 479 g/mol. The van der Waals surface area contributed by atoms with Gasteiger partial charge in [0.15, 0.2) is 6.61 Å². The number of hydrogen-bond donors (Lipinski definition) is 3. The fraction of sp³-hybridized carbons (Fsp3) is 0.227. The molecule has 1 unspecified atom stereocenters. The maximum Gasteiger partial charge on any atom is 0.289 e. The highest BCUT2D eigenvalue weighted by Crippen LogP contribution is 2.25. The molecule has 0 saturated carbocycles. The van der Waals surface area contributed by atoms with Gasteiger partial charge in [-0.05, 0) is 30.7 Å². The van der Waals surface area contributed by atoms with Crippen LogP contribution in [-0.2, 0) is 4.79 Å². The van der Waals surface area contributed by atoms with E-state index in [0.717, 1.165) is 24.3 Å². The van der Waals surface area contributed by atoms with Crippen LogP contribution in [0.1, 0.15) is 17.0 Å². The van der Waals surface area contributed by atoms with Gasteiger partial charge in [-0.3, -0.25) is 9.59 Å². The number of aliphatic hydroxyl groups excluding tert-OH is 1. The molecule has 0 radical (unpaired) electrons. The number of amides is 2. The first-order chi connectivity index (χ1) is 16.2. The van der Waals surface area contributed by atoms with Crippen LogP contribution in [0.2, 0.25) is 5.02 Å². The number of rotatable bonds is 10. The van der Waals surface area contributed by atoms with Gasteiger partial charge in [-0.2, -0.15) is 0 Å². The number of carbonyl (C=O) groups is 2. The highest BCUT2D eigenvalue weighted by atomic mass is 35.5. The van der Waals surface area contributed by atoms with Crippen LogP contribution in [0.15, 0.2) is 47.0 Å². The first-order valence-corrected chi connectivity index (χ1v) is 10.3. The van der Waals surface area contributed by atoms with Crippen molar-refractivity contribution in [3.8, 4) is 17.0 Å². The lowest BCUT2D eigenvalue weighted by Crippen LogP contribution is -2.37. The first-order valence-electron chi connectivity index (χ1n) is 9.96. The van der Waals surface area contributed by atoms with E-state index < -0.39 is 47.5 Å². The molecular formula is C22H19ClF3N3O5. The second kappa shape index (κ2) is 11.5. The van der Waals surface area contributed by atoms with E-state index in [-0.39, 0.29) is 41.7 Å². The molecule has 0 bridgehead atoms. The summed E-state index contributed by atoms with van der Waals surface area (Å²) in [5.74, 6) is -3.78. The molecule has 180 valence electrons. The van der Waals surface area contributed by atoms with E-state index in [2.05, 4.69) is 15.8 Å². The van der Waals surface area contributed by atoms with Crippen molar-refractivity contribution >= 4 is 23.4 Å². The van der Waals surface area contributed by atoms with Gasteiger partial charge in [0.2, 0.25) is 5.76 Å². The second-order valence-electron chi connectivity index (χ2n) is 7.04. The third-order valence-corrected chi connectivity index (χ3v) is 4.82. The number of halogens is 4. The van der Waals surface area contributed by atoms with E-state index in [1.54, 1.807) is 0 Å². The molecule has 0 aliphatic carbocycles. The molecule has 2 amide bonds.